The van der Waals surface area contributed by atoms with E-state index in [0.717, 1.165) is 22.9 Å². The fourth-order valence-electron chi connectivity index (χ4n) is 1.65. The topological polar surface area (TPSA) is 159 Å². The van der Waals surface area contributed by atoms with Gasteiger partial charge in [0.1, 0.15) is 32.8 Å². The van der Waals surface area contributed by atoms with Crippen LogP contribution in [0.3, 0.4) is 0 Å². The highest BCUT2D eigenvalue weighted by molar-refractivity contribution is 9.12. The minimum absolute atomic E-state index is 0.547. The van der Waals surface area contributed by atoms with E-state index in [4.69, 9.17) is 22.7 Å². The van der Waals surface area contributed by atoms with Crippen LogP contribution in [-0.4, -0.2) is 39.9 Å². The van der Waals surface area contributed by atoms with Gasteiger partial charge in [-0.3, -0.25) is 0 Å². The van der Waals surface area contributed by atoms with Crippen molar-refractivity contribution in [2.24, 2.45) is 0 Å². The molecule has 3 N–H and O–H groups in total. The van der Waals surface area contributed by atoms with Gasteiger partial charge in [0.05, 0.1) is 19.0 Å². The van der Waals surface area contributed by atoms with Crippen LogP contribution in [0, 0.1) is 25.5 Å². The third-order valence-corrected chi connectivity index (χ3v) is 3.47. The zero-order chi connectivity index (χ0) is 18.1. The number of aromatic nitrogens is 8. The summed E-state index contributed by atoms with van der Waals surface area (Å²) in [4.78, 5) is 29.8. The lowest BCUT2D eigenvalue weighted by molar-refractivity contribution is 1.09. The van der Waals surface area contributed by atoms with Crippen LogP contribution < -0.4 is 0 Å². The van der Waals surface area contributed by atoms with E-state index in [0.29, 0.717) is 20.8 Å². The van der Waals surface area contributed by atoms with Crippen LogP contribution in [0.2, 0.25) is 0 Å². The maximum Gasteiger partial charge on any atom is 0.181 e. The number of thioether (sulfide) groups is 1. The lowest BCUT2D eigenvalue weighted by Gasteiger charge is -1.91. The molecule has 0 spiro atoms. The van der Waals surface area contributed by atoms with Crippen molar-refractivity contribution in [1.29, 1.82) is 10.5 Å². The number of fused-ring (bicyclic) bond motifs is 2. The van der Waals surface area contributed by atoms with E-state index in [9.17, 15) is 0 Å². The van der Waals surface area contributed by atoms with Gasteiger partial charge in [-0.05, 0) is 0 Å². The van der Waals surface area contributed by atoms with E-state index < -0.39 is 0 Å². The fourth-order valence-corrected chi connectivity index (χ4v) is 2.29. The third-order valence-electron chi connectivity index (χ3n) is 2.57. The molecule has 25 heavy (non-hydrogen) atoms. The number of hydrogen-bond donors (Lipinski definition) is 3. The lowest BCUT2D eigenvalue weighted by atomic mass is 10.6. The molecule has 4 aromatic rings. The molecule has 4 aromatic heterocycles. The first-order chi connectivity index (χ1) is 12.2. The Morgan fingerprint density at radius 1 is 0.960 bits per heavy atom. The van der Waals surface area contributed by atoms with E-state index >= 15 is 0 Å². The number of nitriles is 2. The number of aromatic amines is 3. The predicted octanol–water partition coefficient (Wildman–Crippen LogP) is 2.80. The SMILES string of the molecule is N#CBr.N#CSc1ncnc2nc[nH]c12.S=c1nc[nH]c2nc[nH]c12. The molecule has 0 atom stereocenters. The van der Waals surface area contributed by atoms with Crippen molar-refractivity contribution in [2.75, 3.05) is 0 Å². The summed E-state index contributed by atoms with van der Waals surface area (Å²) in [5, 5.41) is 18.2. The average Bonchev–Trinajstić information content (AvgIpc) is 3.26. The van der Waals surface area contributed by atoms with Crippen LogP contribution in [0.15, 0.2) is 30.3 Å². The Bertz CT molecular complexity index is 1100. The molecule has 4 heterocycles. The van der Waals surface area contributed by atoms with E-state index in [1.165, 1.54) is 19.0 Å². The number of H-pyrrole nitrogens is 3. The highest BCUT2D eigenvalue weighted by Crippen LogP contribution is 2.19. The summed E-state index contributed by atoms with van der Waals surface area (Å²) in [5.41, 5.74) is 2.84. The molecule has 0 unspecified atom stereocenters. The highest BCUT2D eigenvalue weighted by atomic mass is 79.9. The smallest absolute Gasteiger partial charge is 0.181 e. The van der Waals surface area contributed by atoms with Gasteiger partial charge in [-0.1, -0.05) is 12.2 Å². The predicted molar refractivity (Wildman–Crippen MR) is 96.8 cm³/mol. The Morgan fingerprint density at radius 2 is 1.64 bits per heavy atom. The fraction of sp³-hybridized carbons (Fsp3) is 0. The summed E-state index contributed by atoms with van der Waals surface area (Å²) in [6.07, 6.45) is 6.04. The Morgan fingerprint density at radius 3 is 2.36 bits per heavy atom. The van der Waals surface area contributed by atoms with Crippen molar-refractivity contribution >= 4 is 62.2 Å². The molecule has 0 bridgehead atoms. The second-order valence-corrected chi connectivity index (χ2v) is 5.41. The van der Waals surface area contributed by atoms with Crippen LogP contribution in [0.5, 0.6) is 0 Å². The van der Waals surface area contributed by atoms with Crippen LogP contribution in [0.1, 0.15) is 0 Å². The van der Waals surface area contributed by atoms with Gasteiger partial charge in [-0.2, -0.15) is 10.5 Å². The third kappa shape index (κ3) is 4.80. The number of thiocyanates is 1. The molecule has 0 saturated heterocycles. The molecule has 4 rings (SSSR count). The number of hydrogen-bond acceptors (Lipinski definition) is 9. The van der Waals surface area contributed by atoms with Gasteiger partial charge in [-0.25, -0.2) is 24.9 Å². The standard InChI is InChI=1S/C6H3N5S.C5H4N4S.CBrN/c7-1-12-6-4-5(9-2-8-4)10-3-11-6;10-5-3-4(7-1-6-3)8-2-9-5;2-1-3/h2-3H,(H,8,9,10,11);1-2H,(H2,6,7,8,9,10);. The molecule has 10 nitrogen and oxygen atoms in total. The molecule has 0 fully saturated rings. The summed E-state index contributed by atoms with van der Waals surface area (Å²) in [6, 6.07) is 0. The summed E-state index contributed by atoms with van der Waals surface area (Å²) < 4.78 is 0.547. The van der Waals surface area contributed by atoms with Crippen LogP contribution in [0.4, 0.5) is 0 Å². The first-order valence-electron chi connectivity index (χ1n) is 6.27. The van der Waals surface area contributed by atoms with Crippen molar-refractivity contribution < 1.29 is 0 Å². The Balaban J connectivity index is 0.000000158. The second-order valence-electron chi connectivity index (χ2n) is 3.89. The molecule has 0 radical (unpaired) electrons. The first kappa shape index (κ1) is 18.5. The van der Waals surface area contributed by atoms with Gasteiger partial charge >= 0.3 is 0 Å². The maximum absolute atomic E-state index is 8.43. The van der Waals surface area contributed by atoms with Gasteiger partial charge in [0.15, 0.2) is 15.9 Å². The van der Waals surface area contributed by atoms with E-state index in [2.05, 4.69) is 55.8 Å². The number of rotatable bonds is 1. The minimum Gasteiger partial charge on any atom is -0.341 e. The summed E-state index contributed by atoms with van der Waals surface area (Å²) >= 11 is 8.35. The lowest BCUT2D eigenvalue weighted by Crippen LogP contribution is -1.83. The van der Waals surface area contributed by atoms with E-state index in [-0.39, 0.29) is 0 Å². The number of halogens is 1. The Kier molecular flexibility index (Phi) is 6.97. The van der Waals surface area contributed by atoms with Crippen molar-refractivity contribution in [3.8, 4) is 10.4 Å². The van der Waals surface area contributed by atoms with Gasteiger partial charge < -0.3 is 15.0 Å². The number of imidazole rings is 2. The van der Waals surface area contributed by atoms with Gasteiger partial charge in [0.25, 0.3) is 0 Å². The number of nitrogens with zero attached hydrogens (tertiary/aromatic N) is 7. The summed E-state index contributed by atoms with van der Waals surface area (Å²) in [6.45, 7) is 0. The minimum atomic E-state index is 0.547. The van der Waals surface area contributed by atoms with Crippen LogP contribution >= 0.6 is 39.9 Å². The van der Waals surface area contributed by atoms with Crippen molar-refractivity contribution in [2.45, 2.75) is 5.03 Å². The summed E-state index contributed by atoms with van der Waals surface area (Å²) in [5.74, 6) is 0. The van der Waals surface area contributed by atoms with Gasteiger partial charge in [0, 0.05) is 27.7 Å². The van der Waals surface area contributed by atoms with E-state index in [1.807, 2.05) is 5.40 Å². The maximum atomic E-state index is 8.43. The molecule has 124 valence electrons. The van der Waals surface area contributed by atoms with Gasteiger partial charge in [-0.15, -0.1) is 0 Å². The quantitative estimate of drug-likeness (QED) is 0.177. The van der Waals surface area contributed by atoms with Crippen LogP contribution in [-0.2, 0) is 0 Å². The molecule has 0 aromatic carbocycles. The van der Waals surface area contributed by atoms with Crippen LogP contribution in [0.25, 0.3) is 22.3 Å². The first-order valence-corrected chi connectivity index (χ1v) is 8.29. The largest absolute Gasteiger partial charge is 0.341 e. The second kappa shape index (κ2) is 9.43. The zero-order valence-corrected chi connectivity index (χ0v) is 15.4. The molecule has 0 aliphatic carbocycles. The molecular formula is C12H7BrN10S2. The van der Waals surface area contributed by atoms with Gasteiger partial charge in [0.2, 0.25) is 0 Å². The Hall–Kier alpha value is -2.87. The molecule has 0 aliphatic rings. The van der Waals surface area contributed by atoms with Crippen molar-refractivity contribution in [3.63, 3.8) is 0 Å². The molecule has 0 saturated carbocycles. The number of nitrogens with one attached hydrogen (secondary N) is 3. The van der Waals surface area contributed by atoms with Crippen molar-refractivity contribution in [3.05, 3.63) is 29.9 Å². The molecule has 13 heteroatoms. The zero-order valence-electron chi connectivity index (χ0n) is 12.1. The summed E-state index contributed by atoms with van der Waals surface area (Å²) in [7, 11) is 0. The molecule has 0 aliphatic heterocycles. The van der Waals surface area contributed by atoms with Crippen molar-refractivity contribution in [1.82, 2.24) is 39.9 Å². The van der Waals surface area contributed by atoms with E-state index in [1.54, 1.807) is 11.3 Å². The Labute approximate surface area is 157 Å². The average molecular weight is 435 g/mol. The highest BCUT2D eigenvalue weighted by Gasteiger charge is 2.04. The monoisotopic (exact) mass is 434 g/mol. The molecular weight excluding hydrogens is 428 g/mol. The molecule has 0 amide bonds. The normalized spacial score (nSPS) is 9.24.